The number of fused-ring (bicyclic) bond motifs is 2. The van der Waals surface area contributed by atoms with Crippen molar-refractivity contribution in [2.24, 2.45) is 11.8 Å². The molecule has 2 aliphatic rings. The zero-order valence-corrected chi connectivity index (χ0v) is 23.6. The van der Waals surface area contributed by atoms with Gasteiger partial charge >= 0.3 is 0 Å². The Hall–Kier alpha value is -2.83. The molecule has 2 bridgehead atoms. The van der Waals surface area contributed by atoms with Crippen LogP contribution in [0.3, 0.4) is 0 Å². The molecule has 0 aromatic heterocycles. The van der Waals surface area contributed by atoms with E-state index in [1.165, 1.54) is 6.42 Å². The van der Waals surface area contributed by atoms with E-state index in [9.17, 15) is 5.26 Å². The van der Waals surface area contributed by atoms with E-state index >= 15 is 0 Å². The number of methoxy groups -OCH3 is 3. The topological polar surface area (TPSA) is 76.4 Å². The van der Waals surface area contributed by atoms with Gasteiger partial charge in [-0.3, -0.25) is 0 Å². The van der Waals surface area contributed by atoms with Crippen LogP contribution in [0.4, 0.5) is 0 Å². The molecule has 2 aliphatic heterocycles. The first-order chi connectivity index (χ1) is 19.1. The zero-order valence-electron chi connectivity index (χ0n) is 23.6. The minimum absolute atomic E-state index is 0.117. The van der Waals surface area contributed by atoms with Crippen LogP contribution in [0, 0.1) is 23.2 Å². The molecule has 8 heteroatoms. The van der Waals surface area contributed by atoms with Crippen molar-refractivity contribution in [2.75, 3.05) is 80.4 Å². The molecule has 2 aromatic rings. The number of nitriles is 1. The quantitative estimate of drug-likeness (QED) is 0.310. The van der Waals surface area contributed by atoms with Gasteiger partial charge in [-0.05, 0) is 67.5 Å². The largest absolute Gasteiger partial charge is 0.493 e. The number of rotatable bonds is 15. The summed E-state index contributed by atoms with van der Waals surface area (Å²) in [5.74, 6) is 3.51. The lowest BCUT2D eigenvalue weighted by molar-refractivity contribution is 0.00744. The smallest absolute Gasteiger partial charge is 0.164 e. The summed E-state index contributed by atoms with van der Waals surface area (Å²) in [5, 5.41) is 9.23. The Kier molecular flexibility index (Phi) is 11.3. The van der Waals surface area contributed by atoms with Gasteiger partial charge in [0.1, 0.15) is 11.9 Å². The van der Waals surface area contributed by atoms with Crippen molar-refractivity contribution in [2.45, 2.75) is 25.4 Å². The summed E-state index contributed by atoms with van der Waals surface area (Å²) >= 11 is 0. The second kappa shape index (κ2) is 15.1. The van der Waals surface area contributed by atoms with Gasteiger partial charge < -0.3 is 33.5 Å². The van der Waals surface area contributed by atoms with Crippen molar-refractivity contribution >= 4 is 0 Å². The van der Waals surface area contributed by atoms with Gasteiger partial charge in [0.2, 0.25) is 0 Å². The number of ether oxygens (including phenoxy) is 5. The standard InChI is InChI=1S/C31H43N3O5/c1-35-15-16-38-14-13-34-22-25-17-26(23-34)21-33(20-25)12-4-5-29(27-8-6-24(19-32)7-9-27)39-28-10-11-30(36-2)31(18-28)37-3/h6-11,18,25-26,29H,4-5,12-17,20-23H2,1-3H3. The van der Waals surface area contributed by atoms with Crippen LogP contribution in [-0.4, -0.2) is 90.2 Å². The van der Waals surface area contributed by atoms with Crippen LogP contribution in [0.2, 0.25) is 0 Å². The number of piperidine rings is 2. The number of hydrogen-bond donors (Lipinski definition) is 0. The predicted molar refractivity (Wildman–Crippen MR) is 150 cm³/mol. The van der Waals surface area contributed by atoms with Crippen LogP contribution in [0.5, 0.6) is 17.2 Å². The van der Waals surface area contributed by atoms with Crippen LogP contribution in [0.15, 0.2) is 42.5 Å². The molecule has 3 unspecified atom stereocenters. The lowest BCUT2D eigenvalue weighted by atomic mass is 9.84. The molecule has 8 nitrogen and oxygen atoms in total. The summed E-state index contributed by atoms with van der Waals surface area (Å²) in [7, 11) is 4.96. The van der Waals surface area contributed by atoms with Crippen LogP contribution in [0.25, 0.3) is 0 Å². The molecule has 39 heavy (non-hydrogen) atoms. The van der Waals surface area contributed by atoms with E-state index in [0.717, 1.165) is 81.9 Å². The van der Waals surface area contributed by atoms with Crippen LogP contribution >= 0.6 is 0 Å². The maximum atomic E-state index is 9.23. The van der Waals surface area contributed by atoms with E-state index in [4.69, 9.17) is 23.7 Å². The summed E-state index contributed by atoms with van der Waals surface area (Å²) in [5.41, 5.74) is 1.72. The van der Waals surface area contributed by atoms with E-state index in [1.54, 1.807) is 21.3 Å². The fourth-order valence-electron chi connectivity index (χ4n) is 5.92. The van der Waals surface area contributed by atoms with Gasteiger partial charge in [0, 0.05) is 45.9 Å². The van der Waals surface area contributed by atoms with Crippen molar-refractivity contribution in [1.29, 1.82) is 5.26 Å². The molecular weight excluding hydrogens is 494 g/mol. The monoisotopic (exact) mass is 537 g/mol. The Morgan fingerprint density at radius 2 is 1.54 bits per heavy atom. The van der Waals surface area contributed by atoms with Crippen LogP contribution in [-0.2, 0) is 9.47 Å². The first-order valence-electron chi connectivity index (χ1n) is 14.0. The molecule has 3 atom stereocenters. The molecule has 0 N–H and O–H groups in total. The second-order valence-electron chi connectivity index (χ2n) is 10.6. The molecule has 2 fully saturated rings. The lowest BCUT2D eigenvalue weighted by Crippen LogP contribution is -2.53. The van der Waals surface area contributed by atoms with Gasteiger partial charge in [-0.2, -0.15) is 5.26 Å². The first-order valence-corrected chi connectivity index (χ1v) is 14.0. The van der Waals surface area contributed by atoms with Gasteiger partial charge in [-0.15, -0.1) is 0 Å². The molecule has 2 aromatic carbocycles. The van der Waals surface area contributed by atoms with E-state index in [0.29, 0.717) is 30.3 Å². The molecule has 0 amide bonds. The van der Waals surface area contributed by atoms with E-state index < -0.39 is 0 Å². The van der Waals surface area contributed by atoms with Crippen molar-refractivity contribution < 1.29 is 23.7 Å². The lowest BCUT2D eigenvalue weighted by Gasteiger charge is -2.46. The highest BCUT2D eigenvalue weighted by atomic mass is 16.5. The molecule has 0 saturated carbocycles. The van der Waals surface area contributed by atoms with E-state index in [1.807, 2.05) is 42.5 Å². The van der Waals surface area contributed by atoms with E-state index in [2.05, 4.69) is 15.9 Å². The zero-order chi connectivity index (χ0) is 27.5. The third-order valence-corrected chi connectivity index (χ3v) is 7.70. The molecule has 2 heterocycles. The summed E-state index contributed by atoms with van der Waals surface area (Å²) in [6.45, 7) is 8.84. The van der Waals surface area contributed by atoms with Gasteiger partial charge in [-0.25, -0.2) is 0 Å². The Labute approximate surface area is 233 Å². The Bertz CT molecular complexity index is 1040. The van der Waals surface area contributed by atoms with Gasteiger partial charge in [0.25, 0.3) is 0 Å². The minimum Gasteiger partial charge on any atom is -0.493 e. The maximum Gasteiger partial charge on any atom is 0.164 e. The van der Waals surface area contributed by atoms with Crippen molar-refractivity contribution in [3.8, 4) is 23.3 Å². The molecule has 0 radical (unpaired) electrons. The molecular formula is C31H43N3O5. The fourth-order valence-corrected chi connectivity index (χ4v) is 5.92. The Balaban J connectivity index is 1.31. The van der Waals surface area contributed by atoms with Crippen molar-refractivity contribution in [1.82, 2.24) is 9.80 Å². The second-order valence-corrected chi connectivity index (χ2v) is 10.6. The highest BCUT2D eigenvalue weighted by Crippen LogP contribution is 2.35. The summed E-state index contributed by atoms with van der Waals surface area (Å²) in [6.07, 6.45) is 3.15. The highest BCUT2D eigenvalue weighted by Gasteiger charge is 2.33. The van der Waals surface area contributed by atoms with Crippen LogP contribution in [0.1, 0.15) is 36.5 Å². The summed E-state index contributed by atoms with van der Waals surface area (Å²) in [6, 6.07) is 15.6. The van der Waals surface area contributed by atoms with Crippen molar-refractivity contribution in [3.63, 3.8) is 0 Å². The number of likely N-dealkylation sites (tertiary alicyclic amines) is 2. The van der Waals surface area contributed by atoms with E-state index in [-0.39, 0.29) is 6.10 Å². The number of hydrogen-bond acceptors (Lipinski definition) is 8. The van der Waals surface area contributed by atoms with Gasteiger partial charge in [0.15, 0.2) is 11.5 Å². The van der Waals surface area contributed by atoms with Gasteiger partial charge in [-0.1, -0.05) is 12.1 Å². The molecule has 4 rings (SSSR count). The number of benzene rings is 2. The molecule has 0 aliphatic carbocycles. The van der Waals surface area contributed by atoms with Crippen LogP contribution < -0.4 is 14.2 Å². The third-order valence-electron chi connectivity index (χ3n) is 7.70. The maximum absolute atomic E-state index is 9.23. The predicted octanol–water partition coefficient (Wildman–Crippen LogP) is 4.39. The average molecular weight is 538 g/mol. The number of nitrogens with zero attached hydrogens (tertiary/aromatic N) is 3. The van der Waals surface area contributed by atoms with Gasteiger partial charge in [0.05, 0.1) is 45.7 Å². The summed E-state index contributed by atoms with van der Waals surface area (Å²) in [4.78, 5) is 5.23. The normalized spacial score (nSPS) is 20.3. The van der Waals surface area contributed by atoms with Crippen molar-refractivity contribution in [3.05, 3.63) is 53.6 Å². The Morgan fingerprint density at radius 3 is 2.18 bits per heavy atom. The Morgan fingerprint density at radius 1 is 0.846 bits per heavy atom. The average Bonchev–Trinajstić information content (AvgIpc) is 2.96. The molecule has 2 saturated heterocycles. The fraction of sp³-hybridized carbons (Fsp3) is 0.581. The SMILES string of the molecule is COCCOCCN1CC2CC(CN(CCCC(Oc3ccc(OC)c(OC)c3)c3ccc(C#N)cc3)C2)C1. The summed E-state index contributed by atoms with van der Waals surface area (Å²) < 4.78 is 28.1. The molecule has 212 valence electrons. The minimum atomic E-state index is -0.117. The highest BCUT2D eigenvalue weighted by molar-refractivity contribution is 5.45. The first kappa shape index (κ1) is 29.2. The molecule has 0 spiro atoms. The third kappa shape index (κ3) is 8.58.